The summed E-state index contributed by atoms with van der Waals surface area (Å²) in [7, 11) is 0. The molecular weight excluding hydrogens is 378 g/mol. The highest BCUT2D eigenvalue weighted by Crippen LogP contribution is 2.15. The third-order valence-corrected chi connectivity index (χ3v) is 5.00. The smallest absolute Gasteiger partial charge is 0.337 e. The minimum atomic E-state index is -0.494. The number of hydrogen-bond donors (Lipinski definition) is 1. The van der Waals surface area contributed by atoms with Crippen LogP contribution in [0.25, 0.3) is 27.6 Å². The van der Waals surface area contributed by atoms with Gasteiger partial charge in [-0.15, -0.1) is 0 Å². The van der Waals surface area contributed by atoms with Crippen molar-refractivity contribution >= 4 is 27.6 Å². The third-order valence-electron chi connectivity index (χ3n) is 5.00. The lowest BCUT2D eigenvalue weighted by Crippen LogP contribution is -2.40. The van der Waals surface area contributed by atoms with E-state index in [-0.39, 0.29) is 6.54 Å². The van der Waals surface area contributed by atoms with Crippen molar-refractivity contribution in [2.24, 2.45) is 0 Å². The summed E-state index contributed by atoms with van der Waals surface area (Å²) in [6.07, 6.45) is 1.55. The van der Waals surface area contributed by atoms with Crippen LogP contribution in [0.2, 0.25) is 0 Å². The molecule has 0 aliphatic carbocycles. The molecule has 0 spiro atoms. The number of hydrogen-bond acceptors (Lipinski definition) is 5. The Labute approximate surface area is 170 Å². The number of para-hydroxylation sites is 1. The van der Waals surface area contributed by atoms with Crippen molar-refractivity contribution < 1.29 is 0 Å². The Kier molecular flexibility index (Phi) is 4.14. The molecule has 2 aromatic carbocycles. The molecule has 0 radical (unpaired) electrons. The highest BCUT2D eigenvalue weighted by atomic mass is 16.2. The van der Waals surface area contributed by atoms with Crippen molar-refractivity contribution in [1.29, 1.82) is 0 Å². The van der Waals surface area contributed by atoms with E-state index in [1.807, 2.05) is 36.4 Å². The number of anilines is 1. The Morgan fingerprint density at radius 2 is 1.77 bits per heavy atom. The van der Waals surface area contributed by atoms with Gasteiger partial charge in [-0.2, -0.15) is 0 Å². The molecule has 7 nitrogen and oxygen atoms in total. The molecule has 0 fully saturated rings. The van der Waals surface area contributed by atoms with Crippen molar-refractivity contribution in [3.05, 3.63) is 106 Å². The second kappa shape index (κ2) is 6.97. The molecule has 146 valence electrons. The summed E-state index contributed by atoms with van der Waals surface area (Å²) in [4.78, 5) is 35.4. The Morgan fingerprint density at radius 1 is 0.900 bits per heavy atom. The maximum absolute atomic E-state index is 13.4. The van der Waals surface area contributed by atoms with Crippen molar-refractivity contribution in [2.45, 2.75) is 6.54 Å². The summed E-state index contributed by atoms with van der Waals surface area (Å²) < 4.78 is 2.60. The lowest BCUT2D eigenvalue weighted by atomic mass is 10.2. The average molecular weight is 395 g/mol. The van der Waals surface area contributed by atoms with Gasteiger partial charge in [0.15, 0.2) is 5.65 Å². The van der Waals surface area contributed by atoms with Crippen molar-refractivity contribution in [2.75, 3.05) is 5.73 Å². The first-order valence-corrected chi connectivity index (χ1v) is 9.43. The topological polar surface area (TPSA) is 95.8 Å². The van der Waals surface area contributed by atoms with Crippen LogP contribution >= 0.6 is 0 Å². The maximum Gasteiger partial charge on any atom is 0.337 e. The average Bonchev–Trinajstić information content (AvgIpc) is 2.77. The molecule has 0 saturated heterocycles. The number of pyridine rings is 2. The van der Waals surface area contributed by atoms with Crippen molar-refractivity contribution in [3.63, 3.8) is 0 Å². The highest BCUT2D eigenvalue weighted by Gasteiger charge is 2.16. The molecular formula is C23H17N5O2. The molecule has 0 unspecified atom stereocenters. The van der Waals surface area contributed by atoms with Crippen LogP contribution < -0.4 is 17.0 Å². The van der Waals surface area contributed by atoms with Gasteiger partial charge in [0.2, 0.25) is 0 Å². The number of nitrogens with zero attached hydrogens (tertiary/aromatic N) is 4. The molecule has 0 bridgehead atoms. The fraction of sp³-hybridized carbons (Fsp3) is 0.0435. The Balaban J connectivity index is 1.76. The van der Waals surface area contributed by atoms with E-state index in [4.69, 9.17) is 5.73 Å². The molecule has 5 aromatic rings. The molecule has 0 aliphatic heterocycles. The van der Waals surface area contributed by atoms with Gasteiger partial charge in [-0.05, 0) is 42.5 Å². The summed E-state index contributed by atoms with van der Waals surface area (Å²) in [5.74, 6) is 0. The molecule has 3 aromatic heterocycles. The van der Waals surface area contributed by atoms with E-state index >= 15 is 0 Å². The van der Waals surface area contributed by atoms with E-state index in [1.54, 1.807) is 42.6 Å². The molecule has 5 rings (SSSR count). The fourth-order valence-corrected chi connectivity index (χ4v) is 3.58. The normalized spacial score (nSPS) is 11.2. The van der Waals surface area contributed by atoms with E-state index in [0.717, 1.165) is 10.9 Å². The largest absolute Gasteiger partial charge is 0.399 e. The van der Waals surface area contributed by atoms with Gasteiger partial charge < -0.3 is 5.73 Å². The van der Waals surface area contributed by atoms with Gasteiger partial charge in [-0.25, -0.2) is 14.3 Å². The van der Waals surface area contributed by atoms with Gasteiger partial charge in [-0.3, -0.25) is 14.3 Å². The van der Waals surface area contributed by atoms with E-state index in [2.05, 4.69) is 9.97 Å². The predicted octanol–water partition coefficient (Wildman–Crippen LogP) is 2.73. The molecule has 0 aliphatic rings. The van der Waals surface area contributed by atoms with Crippen LogP contribution in [0.3, 0.4) is 0 Å². The third kappa shape index (κ3) is 2.93. The van der Waals surface area contributed by atoms with Crippen molar-refractivity contribution in [3.8, 4) is 5.69 Å². The first-order valence-electron chi connectivity index (χ1n) is 9.43. The second-order valence-corrected chi connectivity index (χ2v) is 6.97. The minimum absolute atomic E-state index is 0.0512. The lowest BCUT2D eigenvalue weighted by molar-refractivity contribution is 0.672. The Hall–Kier alpha value is -4.26. The van der Waals surface area contributed by atoms with Crippen LogP contribution in [0.1, 0.15) is 5.69 Å². The summed E-state index contributed by atoms with van der Waals surface area (Å²) in [5, 5.41) is 1.34. The van der Waals surface area contributed by atoms with E-state index in [0.29, 0.717) is 28.1 Å². The number of nitrogens with two attached hydrogens (primary N) is 1. The quantitative estimate of drug-likeness (QED) is 0.474. The lowest BCUT2D eigenvalue weighted by Gasteiger charge is -2.14. The molecule has 0 atom stereocenters. The maximum atomic E-state index is 13.4. The molecule has 0 saturated carbocycles. The molecule has 7 heteroatoms. The second-order valence-electron chi connectivity index (χ2n) is 6.97. The number of fused-ring (bicyclic) bond motifs is 2. The number of aromatic nitrogens is 4. The van der Waals surface area contributed by atoms with Crippen molar-refractivity contribution in [1.82, 2.24) is 19.1 Å². The van der Waals surface area contributed by atoms with Crippen LogP contribution in [0.4, 0.5) is 5.69 Å². The molecule has 3 heterocycles. The number of nitrogen functional groups attached to an aromatic ring is 1. The minimum Gasteiger partial charge on any atom is -0.399 e. The van der Waals surface area contributed by atoms with Crippen LogP contribution in [0.15, 0.2) is 88.6 Å². The van der Waals surface area contributed by atoms with Crippen LogP contribution in [0.5, 0.6) is 0 Å². The SMILES string of the molecule is Nc1cccc(-n2c(=O)n(Cc3ccc4ccccc4n3)c(=O)c3cccnc32)c1. The zero-order chi connectivity index (χ0) is 20.7. The first kappa shape index (κ1) is 17.8. The van der Waals surface area contributed by atoms with Crippen LogP contribution in [-0.4, -0.2) is 19.1 Å². The predicted molar refractivity (Wildman–Crippen MR) is 117 cm³/mol. The molecule has 30 heavy (non-hydrogen) atoms. The molecule has 0 amide bonds. The van der Waals surface area contributed by atoms with Gasteiger partial charge in [-0.1, -0.05) is 30.3 Å². The van der Waals surface area contributed by atoms with Gasteiger partial charge in [0.05, 0.1) is 28.8 Å². The van der Waals surface area contributed by atoms with Gasteiger partial charge in [0.25, 0.3) is 5.56 Å². The number of rotatable bonds is 3. The highest BCUT2D eigenvalue weighted by molar-refractivity contribution is 5.78. The fourth-order valence-electron chi connectivity index (χ4n) is 3.58. The standard InChI is InChI=1S/C23H17N5O2/c24-16-6-3-7-18(13-16)28-21-19(8-4-12-25-21)22(29)27(23(28)30)14-17-11-10-15-5-1-2-9-20(15)26-17/h1-13H,14,24H2. The van der Waals surface area contributed by atoms with E-state index < -0.39 is 11.2 Å². The first-order chi connectivity index (χ1) is 14.6. The van der Waals surface area contributed by atoms with Gasteiger partial charge >= 0.3 is 5.69 Å². The summed E-state index contributed by atoms with van der Waals surface area (Å²) in [6, 6.07) is 21.7. The zero-order valence-electron chi connectivity index (χ0n) is 15.9. The molecule has 2 N–H and O–H groups in total. The zero-order valence-corrected chi connectivity index (χ0v) is 15.9. The van der Waals surface area contributed by atoms with E-state index in [1.165, 1.54) is 9.13 Å². The van der Waals surface area contributed by atoms with Gasteiger partial charge in [0.1, 0.15) is 0 Å². The summed E-state index contributed by atoms with van der Waals surface area (Å²) >= 11 is 0. The van der Waals surface area contributed by atoms with E-state index in [9.17, 15) is 9.59 Å². The Bertz CT molecular complexity index is 1530. The summed E-state index contributed by atoms with van der Waals surface area (Å²) in [5.41, 5.74) is 7.80. The summed E-state index contributed by atoms with van der Waals surface area (Å²) in [6.45, 7) is 0.0512. The number of benzene rings is 2. The van der Waals surface area contributed by atoms with Crippen LogP contribution in [-0.2, 0) is 6.54 Å². The Morgan fingerprint density at radius 3 is 2.63 bits per heavy atom. The van der Waals surface area contributed by atoms with Crippen LogP contribution in [0, 0.1) is 0 Å². The monoisotopic (exact) mass is 395 g/mol. The van der Waals surface area contributed by atoms with Gasteiger partial charge in [0, 0.05) is 17.3 Å².